The molecule has 0 radical (unpaired) electrons. The van der Waals surface area contributed by atoms with Gasteiger partial charge >= 0.3 is 6.03 Å². The lowest BCUT2D eigenvalue weighted by Crippen LogP contribution is -2.36. The number of para-hydroxylation sites is 1. The molecule has 0 saturated heterocycles. The number of nitrogens with one attached hydrogen (secondary N) is 2. The maximum absolute atomic E-state index is 12.4. The summed E-state index contributed by atoms with van der Waals surface area (Å²) < 4.78 is 5.49. The van der Waals surface area contributed by atoms with Crippen LogP contribution in [0, 0.1) is 0 Å². The molecule has 0 aromatic heterocycles. The number of fused-ring (bicyclic) bond motifs is 1. The highest BCUT2D eigenvalue weighted by molar-refractivity contribution is 6.32. The number of carbonyl (C=O) groups is 1. The van der Waals surface area contributed by atoms with Gasteiger partial charge in [0, 0.05) is 6.42 Å². The molecule has 1 aliphatic carbocycles. The van der Waals surface area contributed by atoms with E-state index in [2.05, 4.69) is 10.6 Å². The van der Waals surface area contributed by atoms with Crippen molar-refractivity contribution in [3.63, 3.8) is 0 Å². The van der Waals surface area contributed by atoms with Crippen LogP contribution in [0.3, 0.4) is 0 Å². The molecule has 24 heavy (non-hydrogen) atoms. The average molecular weight is 347 g/mol. The molecule has 0 saturated carbocycles. The van der Waals surface area contributed by atoms with Gasteiger partial charge in [-0.1, -0.05) is 41.9 Å². The molecule has 0 bridgehead atoms. The van der Waals surface area contributed by atoms with Gasteiger partial charge in [-0.15, -0.1) is 0 Å². The van der Waals surface area contributed by atoms with E-state index >= 15 is 0 Å². The maximum Gasteiger partial charge on any atom is 0.319 e. The van der Waals surface area contributed by atoms with Crippen molar-refractivity contribution in [3.8, 4) is 5.75 Å². The minimum absolute atomic E-state index is 0.418. The average Bonchev–Trinajstić information content (AvgIpc) is 2.87. The molecule has 2 aromatic rings. The minimum atomic E-state index is -0.640. The van der Waals surface area contributed by atoms with Crippen molar-refractivity contribution in [2.75, 3.05) is 11.9 Å². The summed E-state index contributed by atoms with van der Waals surface area (Å²) >= 11 is 6.12. The molecule has 2 amide bonds. The Labute approximate surface area is 145 Å². The largest absolute Gasteiger partial charge is 0.490 e. The molecule has 2 aromatic carbocycles. The molecule has 0 heterocycles. The van der Waals surface area contributed by atoms with Crippen molar-refractivity contribution in [1.82, 2.24) is 5.32 Å². The van der Waals surface area contributed by atoms with E-state index < -0.39 is 18.2 Å². The van der Waals surface area contributed by atoms with Gasteiger partial charge in [0.05, 0.1) is 29.5 Å². The molecule has 2 atom stereocenters. The SMILES string of the molecule is CCOc1c(Cl)cccc1NC(=O)N[C@H]1c2ccccc2C[C@H]1O. The Kier molecular flexibility index (Phi) is 4.92. The zero-order chi connectivity index (χ0) is 17.1. The van der Waals surface area contributed by atoms with Crippen LogP contribution in [0.5, 0.6) is 5.75 Å². The fourth-order valence-electron chi connectivity index (χ4n) is 2.95. The van der Waals surface area contributed by atoms with E-state index in [1.807, 2.05) is 31.2 Å². The van der Waals surface area contributed by atoms with Crippen molar-refractivity contribution in [2.45, 2.75) is 25.5 Å². The van der Waals surface area contributed by atoms with Crippen LogP contribution in [0.1, 0.15) is 24.1 Å². The molecule has 0 spiro atoms. The van der Waals surface area contributed by atoms with Crippen molar-refractivity contribution in [1.29, 1.82) is 0 Å². The summed E-state index contributed by atoms with van der Waals surface area (Å²) in [7, 11) is 0. The van der Waals surface area contributed by atoms with Gasteiger partial charge < -0.3 is 20.5 Å². The van der Waals surface area contributed by atoms with E-state index in [0.29, 0.717) is 29.5 Å². The first-order valence-corrected chi connectivity index (χ1v) is 8.22. The molecule has 3 rings (SSSR count). The number of aliphatic hydroxyl groups excluding tert-OH is 1. The molecule has 3 N–H and O–H groups in total. The third-order valence-corrected chi connectivity index (χ3v) is 4.29. The van der Waals surface area contributed by atoms with Crippen molar-refractivity contribution < 1.29 is 14.6 Å². The summed E-state index contributed by atoms with van der Waals surface area (Å²) in [4.78, 5) is 12.4. The lowest BCUT2D eigenvalue weighted by atomic mass is 10.1. The Morgan fingerprint density at radius 3 is 2.88 bits per heavy atom. The van der Waals surface area contributed by atoms with E-state index in [-0.39, 0.29) is 0 Å². The fraction of sp³-hybridized carbons (Fsp3) is 0.278. The quantitative estimate of drug-likeness (QED) is 0.793. The lowest BCUT2D eigenvalue weighted by Gasteiger charge is -2.19. The van der Waals surface area contributed by atoms with E-state index in [0.717, 1.165) is 11.1 Å². The van der Waals surface area contributed by atoms with Crippen LogP contribution >= 0.6 is 11.6 Å². The second kappa shape index (κ2) is 7.11. The second-order valence-electron chi connectivity index (χ2n) is 5.60. The third-order valence-electron chi connectivity index (χ3n) is 3.99. The van der Waals surface area contributed by atoms with E-state index in [9.17, 15) is 9.90 Å². The number of amides is 2. The molecule has 126 valence electrons. The van der Waals surface area contributed by atoms with Crippen molar-refractivity contribution in [3.05, 3.63) is 58.6 Å². The first-order chi connectivity index (χ1) is 11.6. The first kappa shape index (κ1) is 16.6. The molecular formula is C18H19ClN2O3. The topological polar surface area (TPSA) is 70.6 Å². The summed E-state index contributed by atoms with van der Waals surface area (Å²) in [6.07, 6.45) is -0.110. The van der Waals surface area contributed by atoms with E-state index in [1.54, 1.807) is 18.2 Å². The number of rotatable bonds is 4. The van der Waals surface area contributed by atoms with Crippen LogP contribution in [0.4, 0.5) is 10.5 Å². The van der Waals surface area contributed by atoms with Gasteiger partial charge in [-0.25, -0.2) is 4.79 Å². The number of urea groups is 1. The summed E-state index contributed by atoms with van der Waals surface area (Å²) in [6, 6.07) is 12.0. The van der Waals surface area contributed by atoms with E-state index in [4.69, 9.17) is 16.3 Å². The number of hydrogen-bond acceptors (Lipinski definition) is 3. The molecule has 1 aliphatic rings. The third kappa shape index (κ3) is 3.32. The fourth-order valence-corrected chi connectivity index (χ4v) is 3.17. The zero-order valence-electron chi connectivity index (χ0n) is 13.3. The number of halogens is 1. The Balaban J connectivity index is 1.74. The summed E-state index contributed by atoms with van der Waals surface area (Å²) in [5.41, 5.74) is 2.48. The highest BCUT2D eigenvalue weighted by Gasteiger charge is 2.32. The van der Waals surface area contributed by atoms with Gasteiger partial charge in [0.2, 0.25) is 0 Å². The monoisotopic (exact) mass is 346 g/mol. The highest BCUT2D eigenvalue weighted by atomic mass is 35.5. The zero-order valence-corrected chi connectivity index (χ0v) is 14.0. The molecule has 0 unspecified atom stereocenters. The van der Waals surface area contributed by atoms with Gasteiger partial charge in [-0.2, -0.15) is 0 Å². The number of hydrogen-bond donors (Lipinski definition) is 3. The predicted octanol–water partition coefficient (Wildman–Crippen LogP) is 3.52. The molecule has 0 fully saturated rings. The summed E-state index contributed by atoms with van der Waals surface area (Å²) in [5.74, 6) is 0.434. The van der Waals surface area contributed by atoms with Gasteiger partial charge in [0.1, 0.15) is 0 Å². The van der Waals surface area contributed by atoms with Crippen molar-refractivity contribution >= 4 is 23.3 Å². The van der Waals surface area contributed by atoms with Crippen LogP contribution < -0.4 is 15.4 Å². The standard InChI is InChI=1S/C18H19ClN2O3/c1-2-24-17-13(19)8-5-9-14(17)20-18(23)21-16-12-7-4-3-6-11(12)10-15(16)22/h3-9,15-16,22H,2,10H2,1H3,(H2,20,21,23)/t15-,16+/m1/s1. The maximum atomic E-state index is 12.4. The summed E-state index contributed by atoms with van der Waals surface area (Å²) in [5, 5.41) is 16.2. The van der Waals surface area contributed by atoms with Gasteiger partial charge in [-0.05, 0) is 30.2 Å². The van der Waals surface area contributed by atoms with E-state index in [1.165, 1.54) is 0 Å². The first-order valence-electron chi connectivity index (χ1n) is 7.85. The van der Waals surface area contributed by atoms with Crippen LogP contribution in [0.2, 0.25) is 5.02 Å². The Hall–Kier alpha value is -2.24. The number of benzene rings is 2. The van der Waals surface area contributed by atoms with Gasteiger partial charge in [-0.3, -0.25) is 0 Å². The number of anilines is 1. The molecule has 5 nitrogen and oxygen atoms in total. The predicted molar refractivity (Wildman–Crippen MR) is 93.7 cm³/mol. The normalized spacial score (nSPS) is 18.8. The van der Waals surface area contributed by atoms with Crippen LogP contribution in [-0.2, 0) is 6.42 Å². The van der Waals surface area contributed by atoms with Gasteiger partial charge in [0.15, 0.2) is 5.75 Å². The smallest absolute Gasteiger partial charge is 0.319 e. The Morgan fingerprint density at radius 2 is 2.08 bits per heavy atom. The summed E-state index contributed by atoms with van der Waals surface area (Å²) in [6.45, 7) is 2.29. The van der Waals surface area contributed by atoms with Crippen LogP contribution in [0.15, 0.2) is 42.5 Å². The van der Waals surface area contributed by atoms with Crippen LogP contribution in [0.25, 0.3) is 0 Å². The minimum Gasteiger partial charge on any atom is -0.490 e. The molecular weight excluding hydrogens is 328 g/mol. The lowest BCUT2D eigenvalue weighted by molar-refractivity contribution is 0.144. The molecule has 6 heteroatoms. The number of aliphatic hydroxyl groups is 1. The highest BCUT2D eigenvalue weighted by Crippen LogP contribution is 2.34. The van der Waals surface area contributed by atoms with Crippen molar-refractivity contribution in [2.24, 2.45) is 0 Å². The number of carbonyl (C=O) groups excluding carboxylic acids is 1. The van der Waals surface area contributed by atoms with Crippen LogP contribution in [-0.4, -0.2) is 23.8 Å². The Bertz CT molecular complexity index is 751. The van der Waals surface area contributed by atoms with Gasteiger partial charge in [0.25, 0.3) is 0 Å². The number of ether oxygens (including phenoxy) is 1. The Morgan fingerprint density at radius 1 is 1.29 bits per heavy atom. The second-order valence-corrected chi connectivity index (χ2v) is 6.00. The molecule has 0 aliphatic heterocycles.